The average molecular weight is 290 g/mol. The summed E-state index contributed by atoms with van der Waals surface area (Å²) in [6.45, 7) is 0.663. The van der Waals surface area contributed by atoms with Crippen LogP contribution in [0.3, 0.4) is 0 Å². The number of carbonyl (C=O) groups excluding carboxylic acids is 2. The molecule has 1 atom stereocenters. The summed E-state index contributed by atoms with van der Waals surface area (Å²) in [6.07, 6.45) is 1.34. The minimum atomic E-state index is -0.0729. The second-order valence-corrected chi connectivity index (χ2v) is 5.66. The normalized spacial score (nSPS) is 18.5. The Morgan fingerprint density at radius 3 is 2.71 bits per heavy atom. The molecule has 0 spiro atoms. The van der Waals surface area contributed by atoms with Gasteiger partial charge >= 0.3 is 0 Å². The fourth-order valence-electron chi connectivity index (χ4n) is 2.44. The van der Waals surface area contributed by atoms with Gasteiger partial charge in [-0.25, -0.2) is 0 Å². The molecule has 1 heterocycles. The highest BCUT2D eigenvalue weighted by Gasteiger charge is 2.23. The molecular weight excluding hydrogens is 268 g/mol. The minimum absolute atomic E-state index is 0.0729. The van der Waals surface area contributed by atoms with Crippen molar-refractivity contribution in [2.75, 3.05) is 38.7 Å². The van der Waals surface area contributed by atoms with E-state index in [1.807, 2.05) is 6.07 Å². The molecule has 1 aliphatic rings. The van der Waals surface area contributed by atoms with Gasteiger partial charge in [0.05, 0.1) is 11.4 Å². The molecule has 0 aliphatic carbocycles. The minimum Gasteiger partial charge on any atom is -0.397 e. The molecule has 1 aromatic carbocycles. The number of nitrogens with two attached hydrogens (primary N) is 1. The third-order valence-corrected chi connectivity index (χ3v) is 3.69. The van der Waals surface area contributed by atoms with Crippen LogP contribution >= 0.6 is 0 Å². The fourth-order valence-corrected chi connectivity index (χ4v) is 2.44. The predicted molar refractivity (Wildman–Crippen MR) is 83.2 cm³/mol. The lowest BCUT2D eigenvalue weighted by atomic mass is 10.0. The van der Waals surface area contributed by atoms with Crippen molar-refractivity contribution < 1.29 is 9.59 Å². The first-order chi connectivity index (χ1) is 9.88. The highest BCUT2D eigenvalue weighted by Crippen LogP contribution is 2.23. The zero-order chi connectivity index (χ0) is 15.6. The topological polar surface area (TPSA) is 78.7 Å². The third-order valence-electron chi connectivity index (χ3n) is 3.69. The second kappa shape index (κ2) is 6.03. The molecule has 21 heavy (non-hydrogen) atoms. The van der Waals surface area contributed by atoms with E-state index >= 15 is 0 Å². The lowest BCUT2D eigenvalue weighted by molar-refractivity contribution is -0.132. The van der Waals surface area contributed by atoms with Crippen LogP contribution in [0.5, 0.6) is 0 Å². The largest absolute Gasteiger partial charge is 0.397 e. The number of carbonyl (C=O) groups is 2. The summed E-state index contributed by atoms with van der Waals surface area (Å²) in [7, 11) is 5.22. The molecule has 6 heteroatoms. The Morgan fingerprint density at radius 2 is 2.14 bits per heavy atom. The lowest BCUT2D eigenvalue weighted by Gasteiger charge is -2.31. The van der Waals surface area contributed by atoms with Crippen LogP contribution in [-0.2, 0) is 4.79 Å². The van der Waals surface area contributed by atoms with E-state index in [4.69, 9.17) is 5.73 Å². The van der Waals surface area contributed by atoms with Crippen molar-refractivity contribution in [2.24, 2.45) is 0 Å². The molecule has 6 nitrogen and oxygen atoms in total. The molecule has 0 radical (unpaired) electrons. The Morgan fingerprint density at radius 1 is 1.43 bits per heavy atom. The number of nitrogens with one attached hydrogen (secondary N) is 1. The molecule has 0 saturated carbocycles. The Balaban J connectivity index is 2.08. The van der Waals surface area contributed by atoms with Gasteiger partial charge in [-0.3, -0.25) is 9.59 Å². The van der Waals surface area contributed by atoms with Gasteiger partial charge in [0, 0.05) is 45.7 Å². The van der Waals surface area contributed by atoms with Gasteiger partial charge in [-0.05, 0) is 24.6 Å². The molecular formula is C15H22N4O2. The second-order valence-electron chi connectivity index (χ2n) is 5.66. The first-order valence-corrected chi connectivity index (χ1v) is 7.00. The molecule has 1 aliphatic heterocycles. The lowest BCUT2D eigenvalue weighted by Crippen LogP contribution is -2.43. The van der Waals surface area contributed by atoms with E-state index in [0.29, 0.717) is 24.2 Å². The smallest absolute Gasteiger partial charge is 0.253 e. The Kier molecular flexibility index (Phi) is 4.35. The standard InChI is InChI=1S/C15H22N4O2/c1-18(2)15(21)10-4-6-13(12(16)8-10)17-11-5-7-14(20)19(3)9-11/h4,6,8,11,17H,5,7,9,16H2,1-3H3. The third kappa shape index (κ3) is 3.45. The van der Waals surface area contributed by atoms with Crippen LogP contribution in [0.15, 0.2) is 18.2 Å². The van der Waals surface area contributed by atoms with E-state index in [2.05, 4.69) is 5.32 Å². The number of amides is 2. The zero-order valence-corrected chi connectivity index (χ0v) is 12.7. The van der Waals surface area contributed by atoms with Gasteiger partial charge in [-0.2, -0.15) is 0 Å². The summed E-state index contributed by atoms with van der Waals surface area (Å²) in [5.41, 5.74) is 7.94. The van der Waals surface area contributed by atoms with Crippen LogP contribution in [0.2, 0.25) is 0 Å². The highest BCUT2D eigenvalue weighted by atomic mass is 16.2. The number of benzene rings is 1. The van der Waals surface area contributed by atoms with Crippen LogP contribution in [0, 0.1) is 0 Å². The number of nitrogen functional groups attached to an aromatic ring is 1. The van der Waals surface area contributed by atoms with Gasteiger partial charge in [0.1, 0.15) is 0 Å². The Bertz CT molecular complexity index is 557. The SMILES string of the molecule is CN(C)C(=O)c1ccc(NC2CCC(=O)N(C)C2)c(N)c1. The van der Waals surface area contributed by atoms with Crippen LogP contribution in [0.25, 0.3) is 0 Å². The maximum atomic E-state index is 11.9. The number of likely N-dealkylation sites (tertiary alicyclic amines) is 1. The molecule has 1 unspecified atom stereocenters. The van der Waals surface area contributed by atoms with Crippen LogP contribution < -0.4 is 11.1 Å². The zero-order valence-electron chi connectivity index (χ0n) is 12.7. The van der Waals surface area contributed by atoms with Crippen molar-refractivity contribution >= 4 is 23.2 Å². The van der Waals surface area contributed by atoms with Gasteiger partial charge in [0.25, 0.3) is 5.91 Å². The van der Waals surface area contributed by atoms with E-state index in [9.17, 15) is 9.59 Å². The van der Waals surface area contributed by atoms with Gasteiger partial charge in [0.2, 0.25) is 5.91 Å². The molecule has 1 aromatic rings. The average Bonchev–Trinajstić information content (AvgIpc) is 2.44. The fraction of sp³-hybridized carbons (Fsp3) is 0.467. The molecule has 0 bridgehead atoms. The van der Waals surface area contributed by atoms with Crippen molar-refractivity contribution in [2.45, 2.75) is 18.9 Å². The van der Waals surface area contributed by atoms with E-state index in [1.165, 1.54) is 4.90 Å². The number of nitrogens with zero attached hydrogens (tertiary/aromatic N) is 2. The molecule has 1 fully saturated rings. The summed E-state index contributed by atoms with van der Waals surface area (Å²) in [4.78, 5) is 26.6. The number of anilines is 2. The van der Waals surface area contributed by atoms with Crippen LogP contribution in [0.4, 0.5) is 11.4 Å². The monoisotopic (exact) mass is 290 g/mol. The van der Waals surface area contributed by atoms with Gasteiger partial charge < -0.3 is 20.9 Å². The molecule has 1 saturated heterocycles. The quantitative estimate of drug-likeness (QED) is 0.814. The van der Waals surface area contributed by atoms with Crippen LogP contribution in [-0.4, -0.2) is 55.3 Å². The first kappa shape index (κ1) is 15.2. The van der Waals surface area contributed by atoms with Crippen molar-refractivity contribution in [3.8, 4) is 0 Å². The van der Waals surface area contributed by atoms with Crippen molar-refractivity contribution in [1.82, 2.24) is 9.80 Å². The summed E-state index contributed by atoms with van der Waals surface area (Å²) in [6, 6.07) is 5.45. The van der Waals surface area contributed by atoms with Crippen molar-refractivity contribution in [3.05, 3.63) is 23.8 Å². The number of hydrogen-bond donors (Lipinski definition) is 2. The first-order valence-electron chi connectivity index (χ1n) is 7.00. The highest BCUT2D eigenvalue weighted by molar-refractivity contribution is 5.95. The van der Waals surface area contributed by atoms with E-state index in [1.54, 1.807) is 38.2 Å². The van der Waals surface area contributed by atoms with Gasteiger partial charge in [0.15, 0.2) is 0 Å². The molecule has 2 rings (SSSR count). The molecule has 114 valence electrons. The Labute approximate surface area is 124 Å². The summed E-state index contributed by atoms with van der Waals surface area (Å²) < 4.78 is 0. The summed E-state index contributed by atoms with van der Waals surface area (Å²) >= 11 is 0. The van der Waals surface area contributed by atoms with Gasteiger partial charge in [-0.15, -0.1) is 0 Å². The van der Waals surface area contributed by atoms with Crippen molar-refractivity contribution in [3.63, 3.8) is 0 Å². The van der Waals surface area contributed by atoms with E-state index in [-0.39, 0.29) is 17.9 Å². The van der Waals surface area contributed by atoms with E-state index < -0.39 is 0 Å². The van der Waals surface area contributed by atoms with Crippen LogP contribution in [0.1, 0.15) is 23.2 Å². The predicted octanol–water partition coefficient (Wildman–Crippen LogP) is 1.00. The molecule has 0 aromatic heterocycles. The number of piperidine rings is 1. The number of hydrogen-bond acceptors (Lipinski definition) is 4. The molecule has 3 N–H and O–H groups in total. The summed E-state index contributed by atoms with van der Waals surface area (Å²) in [5, 5.41) is 3.35. The Hall–Kier alpha value is -2.24. The maximum Gasteiger partial charge on any atom is 0.253 e. The van der Waals surface area contributed by atoms with Crippen molar-refractivity contribution in [1.29, 1.82) is 0 Å². The van der Waals surface area contributed by atoms with E-state index in [0.717, 1.165) is 12.1 Å². The number of rotatable bonds is 3. The van der Waals surface area contributed by atoms with Gasteiger partial charge in [-0.1, -0.05) is 0 Å². The number of likely N-dealkylation sites (N-methyl/N-ethyl adjacent to an activating group) is 1. The maximum absolute atomic E-state index is 11.9. The molecule has 2 amide bonds. The summed E-state index contributed by atoms with van der Waals surface area (Å²) in [5.74, 6) is 0.101.